The molecule has 0 radical (unpaired) electrons. The summed E-state index contributed by atoms with van der Waals surface area (Å²) in [4.78, 5) is 14.8. The maximum absolute atomic E-state index is 13.2. The van der Waals surface area contributed by atoms with Crippen LogP contribution in [0.1, 0.15) is 24.4 Å². The van der Waals surface area contributed by atoms with Gasteiger partial charge < -0.3 is 15.3 Å². The van der Waals surface area contributed by atoms with Crippen molar-refractivity contribution >= 4 is 11.6 Å². The predicted molar refractivity (Wildman–Crippen MR) is 89.3 cm³/mol. The van der Waals surface area contributed by atoms with Crippen LogP contribution in [0.3, 0.4) is 0 Å². The summed E-state index contributed by atoms with van der Waals surface area (Å²) in [5.74, 6) is -0.00439. The third kappa shape index (κ3) is 2.19. The fourth-order valence-electron chi connectivity index (χ4n) is 4.01. The lowest BCUT2D eigenvalue weighted by Crippen LogP contribution is -2.66. The van der Waals surface area contributed by atoms with Crippen LogP contribution in [0.5, 0.6) is 5.75 Å². The average molecular weight is 326 g/mol. The van der Waals surface area contributed by atoms with Gasteiger partial charge in [-0.2, -0.15) is 0 Å². The monoisotopic (exact) mass is 326 g/mol. The van der Waals surface area contributed by atoms with Crippen molar-refractivity contribution in [1.82, 2.24) is 5.32 Å². The molecule has 2 saturated heterocycles. The number of halogens is 1. The van der Waals surface area contributed by atoms with Crippen LogP contribution in [0.2, 0.25) is 0 Å². The molecule has 0 aliphatic carbocycles. The van der Waals surface area contributed by atoms with Crippen molar-refractivity contribution in [3.8, 4) is 5.75 Å². The predicted octanol–water partition coefficient (Wildman–Crippen LogP) is 2.99. The molecule has 2 aliphatic heterocycles. The summed E-state index contributed by atoms with van der Waals surface area (Å²) in [6, 6.07) is 13.0. The van der Waals surface area contributed by atoms with Crippen LogP contribution in [-0.4, -0.2) is 24.1 Å². The number of rotatable bonds is 2. The number of hydrogen-bond acceptors (Lipinski definition) is 3. The molecule has 2 N–H and O–H groups in total. The minimum Gasteiger partial charge on any atom is -0.508 e. The molecule has 2 heterocycles. The number of anilines is 1. The summed E-state index contributed by atoms with van der Waals surface area (Å²) in [7, 11) is 0. The van der Waals surface area contributed by atoms with E-state index in [2.05, 4.69) is 5.32 Å². The van der Waals surface area contributed by atoms with E-state index in [1.54, 1.807) is 29.2 Å². The molecule has 0 aromatic heterocycles. The maximum atomic E-state index is 13.2. The zero-order chi connectivity index (χ0) is 16.7. The van der Waals surface area contributed by atoms with Gasteiger partial charge in [0.15, 0.2) is 0 Å². The number of phenolic OH excluding ortho intramolecular Hbond substituents is 1. The molecule has 24 heavy (non-hydrogen) atoms. The molecule has 2 aromatic rings. The third-order valence-corrected chi connectivity index (χ3v) is 5.24. The topological polar surface area (TPSA) is 52.6 Å². The molecule has 5 heteroatoms. The van der Waals surface area contributed by atoms with E-state index in [-0.39, 0.29) is 23.5 Å². The molecule has 2 aliphatic rings. The zero-order valence-electron chi connectivity index (χ0n) is 13.2. The Morgan fingerprint density at radius 3 is 2.29 bits per heavy atom. The first-order valence-corrected chi connectivity index (χ1v) is 8.21. The molecule has 1 spiro atoms. The summed E-state index contributed by atoms with van der Waals surface area (Å²) in [6.07, 6.45) is 1.57. The quantitative estimate of drug-likeness (QED) is 0.834. The Bertz CT molecular complexity index is 752. The molecule has 1 amide bonds. The smallest absolute Gasteiger partial charge is 0.236 e. The summed E-state index contributed by atoms with van der Waals surface area (Å²) >= 11 is 0. The van der Waals surface area contributed by atoms with E-state index >= 15 is 0 Å². The van der Waals surface area contributed by atoms with E-state index in [4.69, 9.17) is 0 Å². The first-order chi connectivity index (χ1) is 11.6. The largest absolute Gasteiger partial charge is 0.508 e. The average Bonchev–Trinajstić information content (AvgIpc) is 2.62. The first kappa shape index (κ1) is 15.1. The van der Waals surface area contributed by atoms with Crippen molar-refractivity contribution in [3.63, 3.8) is 0 Å². The first-order valence-electron chi connectivity index (χ1n) is 8.21. The summed E-state index contributed by atoms with van der Waals surface area (Å²) < 4.78 is 13.2. The zero-order valence-corrected chi connectivity index (χ0v) is 13.2. The van der Waals surface area contributed by atoms with E-state index in [0.717, 1.165) is 31.5 Å². The summed E-state index contributed by atoms with van der Waals surface area (Å²) in [6.45, 7) is 1.63. The van der Waals surface area contributed by atoms with E-state index in [1.165, 1.54) is 12.1 Å². The highest BCUT2D eigenvalue weighted by Crippen LogP contribution is 2.56. The number of carbonyl (C=O) groups is 1. The van der Waals surface area contributed by atoms with E-state index in [0.29, 0.717) is 5.69 Å². The molecule has 4 rings (SSSR count). The van der Waals surface area contributed by atoms with Gasteiger partial charge in [0, 0.05) is 5.69 Å². The van der Waals surface area contributed by atoms with Gasteiger partial charge in [0.25, 0.3) is 0 Å². The second kappa shape index (κ2) is 5.60. The van der Waals surface area contributed by atoms with Crippen molar-refractivity contribution in [2.24, 2.45) is 5.41 Å². The van der Waals surface area contributed by atoms with Gasteiger partial charge in [-0.1, -0.05) is 12.1 Å². The highest BCUT2D eigenvalue weighted by atomic mass is 19.1. The maximum Gasteiger partial charge on any atom is 0.236 e. The van der Waals surface area contributed by atoms with E-state index in [1.807, 2.05) is 12.1 Å². The molecule has 0 bridgehead atoms. The molecular formula is C19H19FN2O2. The highest BCUT2D eigenvalue weighted by Gasteiger charge is 2.61. The van der Waals surface area contributed by atoms with Crippen molar-refractivity contribution in [2.75, 3.05) is 18.0 Å². The Labute approximate surface area is 139 Å². The second-order valence-corrected chi connectivity index (χ2v) is 6.55. The van der Waals surface area contributed by atoms with Crippen LogP contribution in [0, 0.1) is 11.2 Å². The Hall–Kier alpha value is -2.40. The van der Waals surface area contributed by atoms with Crippen LogP contribution in [-0.2, 0) is 4.79 Å². The van der Waals surface area contributed by atoms with Gasteiger partial charge in [0.05, 0.1) is 11.5 Å². The normalized spacial score (nSPS) is 22.5. The van der Waals surface area contributed by atoms with E-state index < -0.39 is 5.41 Å². The SMILES string of the molecule is O=C1N(c2ccc(F)cc2)C(c2ccc(O)cc2)C12CCNCC2. The fraction of sp³-hybridized carbons (Fsp3) is 0.316. The van der Waals surface area contributed by atoms with Gasteiger partial charge in [0.2, 0.25) is 5.91 Å². The minimum absolute atomic E-state index is 0.0850. The van der Waals surface area contributed by atoms with Gasteiger partial charge in [0.1, 0.15) is 11.6 Å². The van der Waals surface area contributed by atoms with E-state index in [9.17, 15) is 14.3 Å². The van der Waals surface area contributed by atoms with Crippen molar-refractivity contribution in [2.45, 2.75) is 18.9 Å². The van der Waals surface area contributed by atoms with Crippen molar-refractivity contribution < 1.29 is 14.3 Å². The number of nitrogens with one attached hydrogen (secondary N) is 1. The number of nitrogens with zero attached hydrogens (tertiary/aromatic N) is 1. The van der Waals surface area contributed by atoms with Gasteiger partial charge in [-0.25, -0.2) is 4.39 Å². The standard InChI is InChI=1S/C19H19FN2O2/c20-14-3-5-15(6-4-14)22-17(13-1-7-16(23)8-2-13)19(18(22)24)9-11-21-12-10-19/h1-8,17,21,23H,9-12H2. The molecule has 4 nitrogen and oxygen atoms in total. The van der Waals surface area contributed by atoms with Crippen LogP contribution in [0.25, 0.3) is 0 Å². The fourth-order valence-corrected chi connectivity index (χ4v) is 4.01. The lowest BCUT2D eigenvalue weighted by atomic mass is 9.62. The molecule has 2 fully saturated rings. The van der Waals surface area contributed by atoms with Crippen molar-refractivity contribution in [3.05, 3.63) is 59.9 Å². The second-order valence-electron chi connectivity index (χ2n) is 6.55. The third-order valence-electron chi connectivity index (χ3n) is 5.24. The molecule has 1 unspecified atom stereocenters. The number of carbonyl (C=O) groups excluding carboxylic acids is 1. The molecule has 1 atom stereocenters. The number of amides is 1. The number of β-lactam (4-membered cyclic amide) rings is 1. The molecule has 2 aromatic carbocycles. The lowest BCUT2D eigenvalue weighted by molar-refractivity contribution is -0.142. The highest BCUT2D eigenvalue weighted by molar-refractivity contribution is 6.06. The molecule has 124 valence electrons. The van der Waals surface area contributed by atoms with Crippen LogP contribution < -0.4 is 10.2 Å². The van der Waals surface area contributed by atoms with Gasteiger partial charge in [-0.15, -0.1) is 0 Å². The Kier molecular flexibility index (Phi) is 3.53. The van der Waals surface area contributed by atoms with Crippen molar-refractivity contribution in [1.29, 1.82) is 0 Å². The number of aromatic hydroxyl groups is 1. The Morgan fingerprint density at radius 1 is 1.04 bits per heavy atom. The lowest BCUT2D eigenvalue weighted by Gasteiger charge is -2.58. The summed E-state index contributed by atoms with van der Waals surface area (Å²) in [5.41, 5.74) is 1.30. The van der Waals surface area contributed by atoms with Crippen LogP contribution in [0.15, 0.2) is 48.5 Å². The van der Waals surface area contributed by atoms with Crippen LogP contribution >= 0.6 is 0 Å². The molecule has 0 saturated carbocycles. The summed E-state index contributed by atoms with van der Waals surface area (Å²) in [5, 5.41) is 12.9. The number of piperidine rings is 1. The number of hydrogen-bond donors (Lipinski definition) is 2. The Morgan fingerprint density at radius 2 is 1.67 bits per heavy atom. The van der Waals surface area contributed by atoms with Gasteiger partial charge in [-0.3, -0.25) is 4.79 Å². The number of phenols is 1. The van der Waals surface area contributed by atoms with Gasteiger partial charge >= 0.3 is 0 Å². The van der Waals surface area contributed by atoms with Crippen LogP contribution in [0.4, 0.5) is 10.1 Å². The number of benzene rings is 2. The molecular weight excluding hydrogens is 307 g/mol. The van der Waals surface area contributed by atoms with Gasteiger partial charge in [-0.05, 0) is 67.9 Å². The Balaban J connectivity index is 1.76. The minimum atomic E-state index is -0.406.